The molecule has 0 aliphatic rings. The molecule has 0 amide bonds. The first-order valence-electron chi connectivity index (χ1n) is 3.30. The number of nitrogens with one attached hydrogen (secondary N) is 2. The maximum absolute atomic E-state index is 4.12. The van der Waals surface area contributed by atoms with Crippen molar-refractivity contribution in [2.75, 3.05) is 0 Å². The Kier molecular flexibility index (Phi) is 6.53. The van der Waals surface area contributed by atoms with E-state index in [1.165, 1.54) is 0 Å². The third kappa shape index (κ3) is 4.91. The second-order valence-corrected chi connectivity index (χ2v) is 6.32. The molecule has 2 rings (SSSR count). The minimum Gasteiger partial charge on any atom is -0.340 e. The Morgan fingerprint density at radius 3 is 2.00 bits per heavy atom. The van der Waals surface area contributed by atoms with Crippen LogP contribution in [-0.2, 0) is 0 Å². The molecule has 8 heteroatoms. The molecule has 0 bridgehead atoms. The van der Waals surface area contributed by atoms with Gasteiger partial charge in [0.2, 0.25) is 0 Å². The molecule has 0 aliphatic heterocycles. The van der Waals surface area contributed by atoms with E-state index in [2.05, 4.69) is 110 Å². The van der Waals surface area contributed by atoms with Crippen LogP contribution in [0.3, 0.4) is 0 Å². The van der Waals surface area contributed by atoms with Gasteiger partial charge >= 0.3 is 0 Å². The van der Waals surface area contributed by atoms with Crippen LogP contribution in [0.4, 0.5) is 0 Å². The maximum Gasteiger partial charge on any atom is 0.170 e. The van der Waals surface area contributed by atoms with Gasteiger partial charge in [-0.3, -0.25) is 0 Å². The van der Waals surface area contributed by atoms with Crippen LogP contribution in [-0.4, -0.2) is 19.9 Å². The molecular formula is C6H4I4N4. The van der Waals surface area contributed by atoms with Gasteiger partial charge in [0.1, 0.15) is 7.40 Å². The van der Waals surface area contributed by atoms with Crippen LogP contribution < -0.4 is 0 Å². The van der Waals surface area contributed by atoms with E-state index in [9.17, 15) is 0 Å². The first kappa shape index (κ1) is 13.4. The van der Waals surface area contributed by atoms with Gasteiger partial charge in [-0.05, 0) is 90.4 Å². The van der Waals surface area contributed by atoms with Gasteiger partial charge in [0, 0.05) is 0 Å². The lowest BCUT2D eigenvalue weighted by molar-refractivity contribution is 1.21. The van der Waals surface area contributed by atoms with Crippen LogP contribution in [0.1, 0.15) is 0 Å². The molecule has 2 N–H and O–H groups in total. The van der Waals surface area contributed by atoms with Crippen molar-refractivity contribution in [2.45, 2.75) is 0 Å². The van der Waals surface area contributed by atoms with Gasteiger partial charge in [-0.1, -0.05) is 0 Å². The summed E-state index contributed by atoms with van der Waals surface area (Å²) in [5.41, 5.74) is 0. The molecule has 2 aromatic heterocycles. The monoisotopic (exact) mass is 640 g/mol. The highest BCUT2D eigenvalue weighted by molar-refractivity contribution is 14.1. The molecule has 0 unspecified atom stereocenters. The number of nitrogens with zero attached hydrogens (tertiary/aromatic N) is 2. The molecule has 2 aromatic rings. The third-order valence-corrected chi connectivity index (χ3v) is 4.75. The lowest BCUT2D eigenvalue weighted by atomic mass is 11.0. The zero-order valence-corrected chi connectivity index (χ0v) is 15.2. The average molecular weight is 640 g/mol. The molecule has 0 fully saturated rings. The van der Waals surface area contributed by atoms with Crippen molar-refractivity contribution in [2.24, 2.45) is 0 Å². The molecule has 14 heavy (non-hydrogen) atoms. The zero-order chi connectivity index (χ0) is 10.6. The van der Waals surface area contributed by atoms with Crippen LogP contribution >= 0.6 is 90.4 Å². The Hall–Kier alpha value is 1.34. The summed E-state index contributed by atoms with van der Waals surface area (Å²) >= 11 is 8.71. The normalized spacial score (nSPS) is 9.43. The summed E-state index contributed by atoms with van der Waals surface area (Å²) in [6.45, 7) is 0. The van der Waals surface area contributed by atoms with Crippen LogP contribution in [0.25, 0.3) is 0 Å². The summed E-state index contributed by atoms with van der Waals surface area (Å²) in [6.07, 6.45) is 3.42. The minimum atomic E-state index is 0.955. The van der Waals surface area contributed by atoms with Crippen molar-refractivity contribution in [1.82, 2.24) is 19.9 Å². The predicted octanol–water partition coefficient (Wildman–Crippen LogP) is 3.24. The highest BCUT2D eigenvalue weighted by Gasteiger charge is 1.99. The first-order valence-corrected chi connectivity index (χ1v) is 7.61. The number of rotatable bonds is 0. The second kappa shape index (κ2) is 6.82. The Labute approximate surface area is 135 Å². The molecule has 0 spiro atoms. The number of imidazole rings is 2. The number of aromatic amines is 2. The number of hydrogen-bond donors (Lipinski definition) is 2. The fourth-order valence-corrected chi connectivity index (χ4v) is 3.08. The van der Waals surface area contributed by atoms with Gasteiger partial charge in [-0.25, -0.2) is 9.97 Å². The molecule has 0 saturated carbocycles. The zero-order valence-electron chi connectivity index (χ0n) is 6.56. The minimum absolute atomic E-state index is 0.955. The Bertz CT molecular complexity index is 363. The average Bonchev–Trinajstić information content (AvgIpc) is 2.65. The van der Waals surface area contributed by atoms with E-state index < -0.39 is 0 Å². The van der Waals surface area contributed by atoms with Crippen LogP contribution in [0.2, 0.25) is 0 Å². The molecule has 76 valence electrons. The van der Waals surface area contributed by atoms with Gasteiger partial charge in [-0.15, -0.1) is 0 Å². The fourth-order valence-electron chi connectivity index (χ4n) is 0.544. The van der Waals surface area contributed by atoms with E-state index in [-0.39, 0.29) is 0 Å². The molecule has 0 radical (unpaired) electrons. The van der Waals surface area contributed by atoms with E-state index in [1.807, 2.05) is 0 Å². The summed E-state index contributed by atoms with van der Waals surface area (Å²) in [6, 6.07) is 0. The van der Waals surface area contributed by atoms with Crippen LogP contribution in [0.5, 0.6) is 0 Å². The highest BCUT2D eigenvalue weighted by Crippen LogP contribution is 2.11. The van der Waals surface area contributed by atoms with Crippen molar-refractivity contribution in [3.05, 3.63) is 27.5 Å². The Balaban J connectivity index is 0.000000146. The standard InChI is InChI=1S/C3HI3N2.C3H3IN2/c4-1-2(5)8-3(6)7-1;4-3-1-5-2-6-3/h(H,7,8);1-2H,(H,5,6). The van der Waals surface area contributed by atoms with Crippen molar-refractivity contribution in [3.63, 3.8) is 0 Å². The SMILES string of the molecule is Ic1cnc[nH]1.Ic1nc(I)c(I)[nH]1. The number of aromatic nitrogens is 4. The Morgan fingerprint density at radius 2 is 1.86 bits per heavy atom. The van der Waals surface area contributed by atoms with E-state index in [1.54, 1.807) is 12.5 Å². The predicted molar refractivity (Wildman–Crippen MR) is 88.0 cm³/mol. The first-order chi connectivity index (χ1) is 6.59. The number of hydrogen-bond acceptors (Lipinski definition) is 2. The van der Waals surface area contributed by atoms with Gasteiger partial charge in [0.05, 0.1) is 16.2 Å². The van der Waals surface area contributed by atoms with Crippen LogP contribution in [0.15, 0.2) is 12.5 Å². The summed E-state index contributed by atoms with van der Waals surface area (Å²) in [4.78, 5) is 13.8. The van der Waals surface area contributed by atoms with Gasteiger partial charge in [0.25, 0.3) is 0 Å². The second-order valence-electron chi connectivity index (χ2n) is 2.03. The van der Waals surface area contributed by atoms with E-state index in [0.717, 1.165) is 14.9 Å². The molecule has 4 nitrogen and oxygen atoms in total. The topological polar surface area (TPSA) is 57.4 Å². The van der Waals surface area contributed by atoms with E-state index in [4.69, 9.17) is 0 Å². The van der Waals surface area contributed by atoms with Gasteiger partial charge in [-0.2, -0.15) is 0 Å². The summed E-state index contributed by atoms with van der Waals surface area (Å²) in [7, 11) is 0. The summed E-state index contributed by atoms with van der Waals surface area (Å²) < 4.78 is 4.20. The fraction of sp³-hybridized carbons (Fsp3) is 0. The molecule has 2 heterocycles. The van der Waals surface area contributed by atoms with E-state index in [0.29, 0.717) is 0 Å². The highest BCUT2D eigenvalue weighted by atomic mass is 127. The number of halogens is 4. The van der Waals surface area contributed by atoms with Crippen molar-refractivity contribution >= 4 is 90.4 Å². The van der Waals surface area contributed by atoms with Crippen molar-refractivity contribution in [3.8, 4) is 0 Å². The van der Waals surface area contributed by atoms with Crippen molar-refractivity contribution < 1.29 is 0 Å². The lowest BCUT2D eigenvalue weighted by Crippen LogP contribution is -1.69. The van der Waals surface area contributed by atoms with E-state index >= 15 is 0 Å². The molecular weight excluding hydrogens is 636 g/mol. The maximum atomic E-state index is 4.12. The number of H-pyrrole nitrogens is 2. The van der Waals surface area contributed by atoms with Gasteiger partial charge < -0.3 is 9.97 Å². The van der Waals surface area contributed by atoms with Crippen LogP contribution in [0, 0.1) is 14.9 Å². The molecule has 0 atom stereocenters. The smallest absolute Gasteiger partial charge is 0.170 e. The van der Waals surface area contributed by atoms with Crippen molar-refractivity contribution in [1.29, 1.82) is 0 Å². The molecule has 0 aliphatic carbocycles. The molecule has 0 aromatic carbocycles. The van der Waals surface area contributed by atoms with Gasteiger partial charge in [0.15, 0.2) is 3.83 Å². The summed E-state index contributed by atoms with van der Waals surface area (Å²) in [5, 5.41) is 0. The lowest BCUT2D eigenvalue weighted by Gasteiger charge is -1.74. The molecule has 0 saturated heterocycles. The summed E-state index contributed by atoms with van der Waals surface area (Å²) in [5.74, 6) is 0. The largest absolute Gasteiger partial charge is 0.340 e. The quantitative estimate of drug-likeness (QED) is 0.436. The third-order valence-electron chi connectivity index (χ3n) is 1.06. The Morgan fingerprint density at radius 1 is 1.14 bits per heavy atom.